The van der Waals surface area contributed by atoms with Gasteiger partial charge in [-0.3, -0.25) is 9.59 Å². The monoisotopic (exact) mass is 434 g/mol. The highest BCUT2D eigenvalue weighted by molar-refractivity contribution is 5.90. The van der Waals surface area contributed by atoms with Gasteiger partial charge in [-0.25, -0.2) is 9.48 Å². The van der Waals surface area contributed by atoms with Crippen molar-refractivity contribution in [1.82, 2.24) is 20.4 Å². The number of alkyl halides is 3. The highest BCUT2D eigenvalue weighted by Gasteiger charge is 2.36. The Labute approximate surface area is 171 Å². The first-order valence-corrected chi connectivity index (χ1v) is 9.30. The third-order valence-electron chi connectivity index (χ3n) is 4.25. The number of rotatable bonds is 7. The van der Waals surface area contributed by atoms with Crippen molar-refractivity contribution in [2.45, 2.75) is 51.4 Å². The molecule has 1 fully saturated rings. The fourth-order valence-corrected chi connectivity index (χ4v) is 2.84. The molecule has 2 amide bonds. The summed E-state index contributed by atoms with van der Waals surface area (Å²) >= 11 is 0. The molecule has 9 nitrogen and oxygen atoms in total. The molecule has 0 saturated carbocycles. The summed E-state index contributed by atoms with van der Waals surface area (Å²) in [5, 5.41) is 8.37. The summed E-state index contributed by atoms with van der Waals surface area (Å²) in [5.74, 6) is -1.59. The molecular weight excluding hydrogens is 409 g/mol. The minimum absolute atomic E-state index is 0.0203. The molecule has 1 aliphatic rings. The maximum absolute atomic E-state index is 12.8. The summed E-state index contributed by atoms with van der Waals surface area (Å²) in [7, 11) is 1.24. The van der Waals surface area contributed by atoms with Gasteiger partial charge in [0, 0.05) is 25.6 Å². The lowest BCUT2D eigenvalue weighted by atomic mass is 9.96. The van der Waals surface area contributed by atoms with Gasteiger partial charge in [0.2, 0.25) is 11.8 Å². The molecule has 12 heteroatoms. The Bertz CT molecular complexity index is 801. The van der Waals surface area contributed by atoms with E-state index in [1.807, 2.05) is 0 Å². The molecular formula is C18H25F3N4O5. The zero-order valence-electron chi connectivity index (χ0n) is 17.1. The number of aryl methyl sites for hydroxylation is 1. The average molecular weight is 434 g/mol. The van der Waals surface area contributed by atoms with Crippen molar-refractivity contribution >= 4 is 17.8 Å². The van der Waals surface area contributed by atoms with E-state index in [9.17, 15) is 27.6 Å². The largest absolute Gasteiger partial charge is 0.470 e. The summed E-state index contributed by atoms with van der Waals surface area (Å²) in [6.07, 6.45) is -4.98. The van der Waals surface area contributed by atoms with Crippen molar-refractivity contribution < 1.29 is 37.0 Å². The molecule has 2 rings (SSSR count). The van der Waals surface area contributed by atoms with Crippen LogP contribution in [-0.2, 0) is 27.5 Å². The molecule has 2 atom stereocenters. The number of ether oxygens (including phenoxy) is 2. The molecule has 1 aromatic heterocycles. The third-order valence-corrected chi connectivity index (χ3v) is 4.25. The summed E-state index contributed by atoms with van der Waals surface area (Å²) in [5.41, 5.74) is -1.96. The van der Waals surface area contributed by atoms with E-state index < -0.39 is 47.9 Å². The van der Waals surface area contributed by atoms with Crippen LogP contribution in [0.1, 0.15) is 39.3 Å². The lowest BCUT2D eigenvalue weighted by molar-refractivity contribution is -0.141. The lowest BCUT2D eigenvalue weighted by Gasteiger charge is -2.24. The number of aromatic nitrogens is 2. The summed E-state index contributed by atoms with van der Waals surface area (Å²) in [6, 6.07) is -0.433. The molecule has 0 aliphatic carbocycles. The second-order valence-corrected chi connectivity index (χ2v) is 7.96. The van der Waals surface area contributed by atoms with Crippen LogP contribution < -0.4 is 15.4 Å². The fraction of sp³-hybridized carbons (Fsp3) is 0.667. The average Bonchev–Trinajstić information content (AvgIpc) is 3.16. The van der Waals surface area contributed by atoms with Gasteiger partial charge in [-0.1, -0.05) is 0 Å². The van der Waals surface area contributed by atoms with Gasteiger partial charge in [-0.15, -0.1) is 0 Å². The maximum Gasteiger partial charge on any atom is 0.435 e. The Morgan fingerprint density at radius 2 is 2.03 bits per heavy atom. The van der Waals surface area contributed by atoms with Crippen molar-refractivity contribution in [2.75, 3.05) is 13.2 Å². The first-order chi connectivity index (χ1) is 13.8. The van der Waals surface area contributed by atoms with Crippen molar-refractivity contribution in [3.8, 4) is 5.88 Å². The first-order valence-electron chi connectivity index (χ1n) is 9.30. The SMILES string of the molecule is Cn1nc(C(F)(F)F)cc1OCC(=O)[C@H](C[C@@H]1CCNC1=O)NC(=O)OC(C)(C)C. The highest BCUT2D eigenvalue weighted by Crippen LogP contribution is 2.30. The van der Waals surface area contributed by atoms with E-state index in [2.05, 4.69) is 15.7 Å². The molecule has 1 saturated heterocycles. The minimum Gasteiger partial charge on any atom is -0.470 e. The number of Topliss-reactive ketones (excluding diaryl/α,β-unsaturated/α-hetero) is 1. The Morgan fingerprint density at radius 3 is 2.53 bits per heavy atom. The Hall–Kier alpha value is -2.79. The van der Waals surface area contributed by atoms with Crippen LogP contribution in [0.25, 0.3) is 0 Å². The van der Waals surface area contributed by atoms with Crippen molar-refractivity contribution in [1.29, 1.82) is 0 Å². The third kappa shape index (κ3) is 6.63. The number of carbonyl (C=O) groups excluding carboxylic acids is 3. The van der Waals surface area contributed by atoms with Gasteiger partial charge in [-0.05, 0) is 33.6 Å². The second-order valence-electron chi connectivity index (χ2n) is 7.96. The first kappa shape index (κ1) is 23.5. The van der Waals surface area contributed by atoms with E-state index in [0.717, 1.165) is 4.68 Å². The van der Waals surface area contributed by atoms with Gasteiger partial charge in [0.1, 0.15) is 5.60 Å². The molecule has 168 valence electrons. The quantitative estimate of drug-likeness (QED) is 0.677. The van der Waals surface area contributed by atoms with Gasteiger partial charge in [0.05, 0.1) is 6.04 Å². The Morgan fingerprint density at radius 1 is 1.37 bits per heavy atom. The molecule has 2 heterocycles. The fourth-order valence-electron chi connectivity index (χ4n) is 2.84. The molecule has 1 aromatic rings. The number of alkyl carbamates (subject to hydrolysis) is 1. The van der Waals surface area contributed by atoms with E-state index in [-0.39, 0.29) is 18.2 Å². The zero-order valence-corrected chi connectivity index (χ0v) is 17.1. The van der Waals surface area contributed by atoms with Crippen LogP contribution in [0.15, 0.2) is 6.07 Å². The molecule has 30 heavy (non-hydrogen) atoms. The number of hydrogen-bond donors (Lipinski definition) is 2. The molecule has 0 spiro atoms. The number of hydrogen-bond acceptors (Lipinski definition) is 6. The van der Waals surface area contributed by atoms with Gasteiger partial charge in [0.25, 0.3) is 0 Å². The summed E-state index contributed by atoms with van der Waals surface area (Å²) in [4.78, 5) is 36.6. The number of ketones is 1. The van der Waals surface area contributed by atoms with Gasteiger partial charge < -0.3 is 20.1 Å². The van der Waals surface area contributed by atoms with E-state index in [4.69, 9.17) is 9.47 Å². The number of halogens is 3. The Balaban J connectivity index is 2.07. The molecule has 0 radical (unpaired) electrons. The van der Waals surface area contributed by atoms with E-state index in [1.165, 1.54) is 7.05 Å². The zero-order chi connectivity index (χ0) is 22.7. The smallest absolute Gasteiger partial charge is 0.435 e. The van der Waals surface area contributed by atoms with Crippen LogP contribution in [0.5, 0.6) is 5.88 Å². The van der Waals surface area contributed by atoms with Gasteiger partial charge in [-0.2, -0.15) is 18.3 Å². The predicted octanol–water partition coefficient (Wildman–Crippen LogP) is 1.81. The van der Waals surface area contributed by atoms with Crippen LogP contribution in [-0.4, -0.2) is 52.4 Å². The van der Waals surface area contributed by atoms with E-state index >= 15 is 0 Å². The van der Waals surface area contributed by atoms with Crippen molar-refractivity contribution in [3.63, 3.8) is 0 Å². The van der Waals surface area contributed by atoms with Crippen LogP contribution in [0.3, 0.4) is 0 Å². The number of nitrogens with zero attached hydrogens (tertiary/aromatic N) is 2. The van der Waals surface area contributed by atoms with Crippen LogP contribution in [0, 0.1) is 5.92 Å². The molecule has 0 bridgehead atoms. The van der Waals surface area contributed by atoms with Crippen LogP contribution in [0.2, 0.25) is 0 Å². The lowest BCUT2D eigenvalue weighted by Crippen LogP contribution is -2.46. The van der Waals surface area contributed by atoms with E-state index in [0.29, 0.717) is 19.0 Å². The normalized spacial score (nSPS) is 18.0. The van der Waals surface area contributed by atoms with E-state index in [1.54, 1.807) is 20.8 Å². The molecule has 2 N–H and O–H groups in total. The van der Waals surface area contributed by atoms with Crippen LogP contribution >= 0.6 is 0 Å². The van der Waals surface area contributed by atoms with Crippen LogP contribution in [0.4, 0.5) is 18.0 Å². The molecule has 0 aromatic carbocycles. The molecule has 0 unspecified atom stereocenters. The topological polar surface area (TPSA) is 112 Å². The highest BCUT2D eigenvalue weighted by atomic mass is 19.4. The number of nitrogens with one attached hydrogen (secondary N) is 2. The van der Waals surface area contributed by atoms with Crippen molar-refractivity contribution in [2.24, 2.45) is 13.0 Å². The summed E-state index contributed by atoms with van der Waals surface area (Å²) in [6.45, 7) is 4.79. The Kier molecular flexibility index (Phi) is 6.99. The molecule has 1 aliphatic heterocycles. The minimum atomic E-state index is -4.65. The standard InChI is InChI=1S/C18H25F3N4O5/c1-17(2,3)30-16(28)23-11(7-10-5-6-22-15(10)27)12(26)9-29-14-8-13(18(19,20)21)24-25(14)4/h8,10-11H,5-7,9H2,1-4H3,(H,22,27)(H,23,28)/t10-,11-/m0/s1. The maximum atomic E-state index is 12.8. The van der Waals surface area contributed by atoms with Crippen molar-refractivity contribution in [3.05, 3.63) is 11.8 Å². The summed E-state index contributed by atoms with van der Waals surface area (Å²) < 4.78 is 49.5. The number of carbonyl (C=O) groups is 3. The number of amides is 2. The van der Waals surface area contributed by atoms with Gasteiger partial charge >= 0.3 is 12.3 Å². The predicted molar refractivity (Wildman–Crippen MR) is 97.6 cm³/mol. The van der Waals surface area contributed by atoms with Gasteiger partial charge in [0.15, 0.2) is 18.1 Å². The second kappa shape index (κ2) is 8.92.